The molecule has 0 amide bonds. The zero-order valence-corrected chi connectivity index (χ0v) is 9.47. The molecule has 76 valence electrons. The first kappa shape index (κ1) is 8.98. The van der Waals surface area contributed by atoms with Crippen LogP contribution in [0.5, 0.6) is 0 Å². The van der Waals surface area contributed by atoms with Crippen LogP contribution in [-0.2, 0) is 0 Å². The van der Waals surface area contributed by atoms with E-state index >= 15 is 0 Å². The zero-order chi connectivity index (χ0) is 10.4. The summed E-state index contributed by atoms with van der Waals surface area (Å²) in [6, 6.07) is 6.21. The topological polar surface area (TPSA) is 26.0 Å². The van der Waals surface area contributed by atoms with Crippen molar-refractivity contribution < 1.29 is 0 Å². The van der Waals surface area contributed by atoms with E-state index in [1.54, 1.807) is 0 Å². The summed E-state index contributed by atoms with van der Waals surface area (Å²) in [5, 5.41) is 1.32. The van der Waals surface area contributed by atoms with E-state index in [1.807, 2.05) is 17.4 Å². The molecule has 1 aliphatic rings. The molecule has 0 spiro atoms. The van der Waals surface area contributed by atoms with Crippen LogP contribution in [0.15, 0.2) is 24.3 Å². The summed E-state index contributed by atoms with van der Waals surface area (Å²) in [5.74, 6) is 0.656. The summed E-state index contributed by atoms with van der Waals surface area (Å²) in [6.45, 7) is 2.29. The Labute approximate surface area is 93.2 Å². The lowest BCUT2D eigenvalue weighted by Gasteiger charge is -2.12. The normalized spacial score (nSPS) is 19.4. The van der Waals surface area contributed by atoms with E-state index in [-0.39, 0.29) is 0 Å². The van der Waals surface area contributed by atoms with Gasteiger partial charge in [0, 0.05) is 20.7 Å². The van der Waals surface area contributed by atoms with Crippen molar-refractivity contribution in [3.8, 4) is 0 Å². The van der Waals surface area contributed by atoms with Crippen molar-refractivity contribution in [3.63, 3.8) is 0 Å². The molecule has 0 saturated heterocycles. The average molecular weight is 215 g/mol. The standard InChI is InChI=1S/C13H13NS/c1-8-3-2-4-10-11-7-9(14)5-6-12(11)15-13(8)10/h2,4-8H,3,14H2,1H3. The number of allylic oxidation sites excluding steroid dienone is 1. The largest absolute Gasteiger partial charge is 0.399 e. The van der Waals surface area contributed by atoms with Crippen molar-refractivity contribution in [1.29, 1.82) is 0 Å². The molecule has 0 bridgehead atoms. The quantitative estimate of drug-likeness (QED) is 0.660. The number of nitrogens with two attached hydrogens (primary N) is 1. The van der Waals surface area contributed by atoms with Crippen molar-refractivity contribution in [1.82, 2.24) is 0 Å². The first-order valence-electron chi connectivity index (χ1n) is 5.24. The van der Waals surface area contributed by atoms with Gasteiger partial charge in [-0.3, -0.25) is 0 Å². The molecule has 1 aromatic carbocycles. The first-order chi connectivity index (χ1) is 7.25. The molecule has 2 heteroatoms. The van der Waals surface area contributed by atoms with E-state index in [0.717, 1.165) is 12.1 Å². The summed E-state index contributed by atoms with van der Waals surface area (Å²) < 4.78 is 1.35. The van der Waals surface area contributed by atoms with Gasteiger partial charge in [0.25, 0.3) is 0 Å². The Bertz CT molecular complexity index is 551. The number of hydrogen-bond acceptors (Lipinski definition) is 2. The minimum atomic E-state index is 0.656. The maximum atomic E-state index is 5.83. The van der Waals surface area contributed by atoms with Crippen molar-refractivity contribution in [2.75, 3.05) is 5.73 Å². The van der Waals surface area contributed by atoms with Gasteiger partial charge in [-0.1, -0.05) is 19.1 Å². The molecule has 1 atom stereocenters. The Morgan fingerprint density at radius 1 is 1.40 bits per heavy atom. The maximum absolute atomic E-state index is 5.83. The minimum absolute atomic E-state index is 0.656. The number of benzene rings is 1. The molecule has 15 heavy (non-hydrogen) atoms. The lowest BCUT2D eigenvalue weighted by Crippen LogP contribution is -1.94. The lowest BCUT2D eigenvalue weighted by molar-refractivity contribution is 0.791. The molecule has 0 radical (unpaired) electrons. The highest BCUT2D eigenvalue weighted by Crippen LogP contribution is 2.41. The fraction of sp³-hybridized carbons (Fsp3) is 0.231. The van der Waals surface area contributed by atoms with Crippen molar-refractivity contribution in [3.05, 3.63) is 34.7 Å². The molecular weight excluding hydrogens is 202 g/mol. The van der Waals surface area contributed by atoms with Crippen LogP contribution in [0.2, 0.25) is 0 Å². The summed E-state index contributed by atoms with van der Waals surface area (Å²) in [6.07, 6.45) is 5.67. The number of nitrogen functional groups attached to an aromatic ring is 1. The number of fused-ring (bicyclic) bond motifs is 3. The Balaban J connectivity index is 2.37. The smallest absolute Gasteiger partial charge is 0.0353 e. The molecule has 2 aromatic rings. The number of anilines is 1. The molecule has 1 heterocycles. The summed E-state index contributed by atoms with van der Waals surface area (Å²) in [5.41, 5.74) is 8.08. The molecule has 1 nitrogen and oxygen atoms in total. The van der Waals surface area contributed by atoms with Gasteiger partial charge >= 0.3 is 0 Å². The van der Waals surface area contributed by atoms with E-state index in [2.05, 4.69) is 31.2 Å². The maximum Gasteiger partial charge on any atom is 0.0353 e. The molecule has 0 aliphatic heterocycles. The molecule has 0 saturated carbocycles. The van der Waals surface area contributed by atoms with Gasteiger partial charge < -0.3 is 5.73 Å². The van der Waals surface area contributed by atoms with E-state index in [4.69, 9.17) is 5.73 Å². The number of hydrogen-bond donors (Lipinski definition) is 1. The van der Waals surface area contributed by atoms with Gasteiger partial charge in [0.15, 0.2) is 0 Å². The zero-order valence-electron chi connectivity index (χ0n) is 8.66. The van der Waals surface area contributed by atoms with Crippen molar-refractivity contribution in [2.24, 2.45) is 0 Å². The van der Waals surface area contributed by atoms with Crippen molar-refractivity contribution in [2.45, 2.75) is 19.3 Å². The van der Waals surface area contributed by atoms with Crippen LogP contribution in [0.25, 0.3) is 16.2 Å². The third-order valence-electron chi connectivity index (χ3n) is 3.00. The van der Waals surface area contributed by atoms with Crippen LogP contribution in [0.3, 0.4) is 0 Å². The predicted molar refractivity (Wildman–Crippen MR) is 68.3 cm³/mol. The highest BCUT2D eigenvalue weighted by atomic mass is 32.1. The van der Waals surface area contributed by atoms with E-state index in [0.29, 0.717) is 5.92 Å². The number of thiophene rings is 1. The molecule has 3 rings (SSSR count). The van der Waals surface area contributed by atoms with Crippen LogP contribution in [0.4, 0.5) is 5.69 Å². The van der Waals surface area contributed by atoms with Gasteiger partial charge in [0.2, 0.25) is 0 Å². The molecule has 2 N–H and O–H groups in total. The molecule has 1 aromatic heterocycles. The van der Waals surface area contributed by atoms with Crippen LogP contribution >= 0.6 is 11.3 Å². The van der Waals surface area contributed by atoms with Gasteiger partial charge in [-0.05, 0) is 36.1 Å². The molecule has 0 fully saturated rings. The highest BCUT2D eigenvalue weighted by Gasteiger charge is 2.17. The molecule has 1 aliphatic carbocycles. The van der Waals surface area contributed by atoms with Gasteiger partial charge in [0.05, 0.1) is 0 Å². The fourth-order valence-corrected chi connectivity index (χ4v) is 3.43. The molecular formula is C13H13NS. The van der Waals surface area contributed by atoms with Gasteiger partial charge in [-0.2, -0.15) is 0 Å². The summed E-state index contributed by atoms with van der Waals surface area (Å²) >= 11 is 1.91. The minimum Gasteiger partial charge on any atom is -0.399 e. The van der Waals surface area contributed by atoms with Gasteiger partial charge in [0.1, 0.15) is 0 Å². The first-order valence-corrected chi connectivity index (χ1v) is 6.06. The second-order valence-electron chi connectivity index (χ2n) is 4.17. The SMILES string of the molecule is CC1CC=Cc2c1sc1ccc(N)cc21. The van der Waals surface area contributed by atoms with Crippen LogP contribution in [0.1, 0.15) is 29.7 Å². The monoisotopic (exact) mass is 215 g/mol. The average Bonchev–Trinajstić information content (AvgIpc) is 2.58. The van der Waals surface area contributed by atoms with E-state index in [9.17, 15) is 0 Å². The lowest BCUT2D eigenvalue weighted by atomic mass is 9.95. The van der Waals surface area contributed by atoms with Gasteiger partial charge in [-0.25, -0.2) is 0 Å². The van der Waals surface area contributed by atoms with E-state index in [1.165, 1.54) is 20.5 Å². The Morgan fingerprint density at radius 2 is 2.27 bits per heavy atom. The second-order valence-corrected chi connectivity index (χ2v) is 5.26. The summed E-state index contributed by atoms with van der Waals surface area (Å²) in [4.78, 5) is 1.51. The van der Waals surface area contributed by atoms with E-state index < -0.39 is 0 Å². The Morgan fingerprint density at radius 3 is 3.13 bits per heavy atom. The van der Waals surface area contributed by atoms with Gasteiger partial charge in [-0.15, -0.1) is 11.3 Å². The van der Waals surface area contributed by atoms with Crippen molar-refractivity contribution >= 4 is 33.2 Å². The number of rotatable bonds is 0. The Hall–Kier alpha value is -1.28. The van der Waals surface area contributed by atoms with Crippen LogP contribution in [-0.4, -0.2) is 0 Å². The van der Waals surface area contributed by atoms with Crippen LogP contribution in [0, 0.1) is 0 Å². The predicted octanol–water partition coefficient (Wildman–Crippen LogP) is 4.00. The third kappa shape index (κ3) is 1.29. The second kappa shape index (κ2) is 3.11. The third-order valence-corrected chi connectivity index (χ3v) is 4.42. The highest BCUT2D eigenvalue weighted by molar-refractivity contribution is 7.19. The summed E-state index contributed by atoms with van der Waals surface area (Å²) in [7, 11) is 0. The fourth-order valence-electron chi connectivity index (χ4n) is 2.19. The van der Waals surface area contributed by atoms with Crippen LogP contribution < -0.4 is 5.73 Å². The molecule has 1 unspecified atom stereocenters. The Kier molecular flexibility index (Phi) is 1.86.